The molecule has 0 atom stereocenters. The molecule has 90 valence electrons. The molecule has 0 amide bonds. The molecular weight excluding hydrogens is 226 g/mol. The van der Waals surface area contributed by atoms with Gasteiger partial charge >= 0.3 is 0 Å². The highest BCUT2D eigenvalue weighted by Gasteiger charge is 2.13. The van der Waals surface area contributed by atoms with Crippen LogP contribution in [0.2, 0.25) is 0 Å². The molecule has 0 bridgehead atoms. The lowest BCUT2D eigenvalue weighted by Crippen LogP contribution is -1.94. The van der Waals surface area contributed by atoms with Crippen molar-refractivity contribution < 1.29 is 9.47 Å². The quantitative estimate of drug-likeness (QED) is 0.825. The first-order valence-electron chi connectivity index (χ1n) is 5.51. The summed E-state index contributed by atoms with van der Waals surface area (Å²) in [5.74, 6) is 1.21. The first-order valence-corrected chi connectivity index (χ1v) is 5.51. The second-order valence-corrected chi connectivity index (χ2v) is 3.74. The van der Waals surface area contributed by atoms with Gasteiger partial charge in [0.25, 0.3) is 0 Å². The second-order valence-electron chi connectivity index (χ2n) is 3.74. The van der Waals surface area contributed by atoms with Gasteiger partial charge in [-0.1, -0.05) is 30.3 Å². The Labute approximate surface area is 106 Å². The molecule has 2 rings (SSSR count). The summed E-state index contributed by atoms with van der Waals surface area (Å²) >= 11 is 0. The summed E-state index contributed by atoms with van der Waals surface area (Å²) < 4.78 is 10.7. The van der Waals surface area contributed by atoms with Gasteiger partial charge in [-0.05, 0) is 11.6 Å². The van der Waals surface area contributed by atoms with E-state index in [1.807, 2.05) is 30.3 Å². The minimum Gasteiger partial charge on any atom is -0.493 e. The van der Waals surface area contributed by atoms with Gasteiger partial charge < -0.3 is 9.47 Å². The molecule has 0 aliphatic carbocycles. The number of ether oxygens (including phenoxy) is 2. The Morgan fingerprint density at radius 3 is 2.28 bits per heavy atom. The van der Waals surface area contributed by atoms with Gasteiger partial charge in [0.1, 0.15) is 0 Å². The summed E-state index contributed by atoms with van der Waals surface area (Å²) in [6.07, 6.45) is 0. The Morgan fingerprint density at radius 1 is 1.00 bits per heavy atom. The van der Waals surface area contributed by atoms with E-state index < -0.39 is 0 Å². The van der Waals surface area contributed by atoms with Gasteiger partial charge in [0.15, 0.2) is 11.5 Å². The fourth-order valence-corrected chi connectivity index (χ4v) is 1.86. The van der Waals surface area contributed by atoms with Crippen LogP contribution in [0.3, 0.4) is 0 Å². The normalized spacial score (nSPS) is 9.61. The van der Waals surface area contributed by atoms with Crippen molar-refractivity contribution in [2.24, 2.45) is 0 Å². The van der Waals surface area contributed by atoms with E-state index >= 15 is 0 Å². The smallest absolute Gasteiger partial charge is 0.168 e. The van der Waals surface area contributed by atoms with Crippen LogP contribution in [0.5, 0.6) is 11.5 Å². The average Bonchev–Trinajstić information content (AvgIpc) is 2.46. The summed E-state index contributed by atoms with van der Waals surface area (Å²) in [7, 11) is 3.16. The first-order chi connectivity index (χ1) is 8.80. The van der Waals surface area contributed by atoms with Crippen LogP contribution in [-0.2, 0) is 0 Å². The molecule has 18 heavy (non-hydrogen) atoms. The van der Waals surface area contributed by atoms with Gasteiger partial charge in [-0.15, -0.1) is 0 Å². The molecule has 0 N–H and O–H groups in total. The summed E-state index contributed by atoms with van der Waals surface area (Å²) in [6, 6.07) is 15.4. The van der Waals surface area contributed by atoms with Crippen molar-refractivity contribution in [2.45, 2.75) is 0 Å². The molecular formula is C15H13NO2. The van der Waals surface area contributed by atoms with E-state index in [1.54, 1.807) is 26.4 Å². The molecule has 0 spiro atoms. The number of hydrogen-bond acceptors (Lipinski definition) is 3. The van der Waals surface area contributed by atoms with Crippen LogP contribution in [-0.4, -0.2) is 14.2 Å². The predicted molar refractivity (Wildman–Crippen MR) is 69.7 cm³/mol. The monoisotopic (exact) mass is 239 g/mol. The number of methoxy groups -OCH3 is 2. The molecule has 0 aliphatic heterocycles. The Balaban J connectivity index is 2.69. The van der Waals surface area contributed by atoms with Crippen LogP contribution in [0.1, 0.15) is 5.56 Å². The van der Waals surface area contributed by atoms with Crippen LogP contribution in [0.15, 0.2) is 42.5 Å². The van der Waals surface area contributed by atoms with E-state index in [4.69, 9.17) is 14.7 Å². The zero-order chi connectivity index (χ0) is 13.0. The minimum absolute atomic E-state index is 0.548. The third-order valence-corrected chi connectivity index (χ3v) is 2.69. The minimum atomic E-state index is 0.548. The molecule has 0 unspecified atom stereocenters. The third-order valence-electron chi connectivity index (χ3n) is 2.69. The largest absolute Gasteiger partial charge is 0.493 e. The van der Waals surface area contributed by atoms with E-state index in [-0.39, 0.29) is 0 Å². The molecule has 0 saturated heterocycles. The summed E-state index contributed by atoms with van der Waals surface area (Å²) in [5, 5.41) is 9.05. The number of nitrogens with zero attached hydrogens (tertiary/aromatic N) is 1. The van der Waals surface area contributed by atoms with Crippen molar-refractivity contribution in [1.82, 2.24) is 0 Å². The number of benzene rings is 2. The van der Waals surface area contributed by atoms with Crippen molar-refractivity contribution in [2.75, 3.05) is 14.2 Å². The molecule has 2 aromatic rings. The van der Waals surface area contributed by atoms with Crippen LogP contribution >= 0.6 is 0 Å². The highest BCUT2D eigenvalue weighted by Crippen LogP contribution is 2.38. The fourth-order valence-electron chi connectivity index (χ4n) is 1.86. The molecule has 0 aromatic heterocycles. The molecule has 0 aliphatic rings. The summed E-state index contributed by atoms with van der Waals surface area (Å²) in [4.78, 5) is 0. The standard InChI is InChI=1S/C15H13NO2/c1-17-14-9-11(10-16)8-13(15(14)18-2)12-6-4-3-5-7-12/h3-9H,1-2H3. The van der Waals surface area contributed by atoms with Crippen LogP contribution in [0.25, 0.3) is 11.1 Å². The lowest BCUT2D eigenvalue weighted by molar-refractivity contribution is 0.356. The van der Waals surface area contributed by atoms with Gasteiger partial charge in [-0.25, -0.2) is 0 Å². The van der Waals surface area contributed by atoms with Crippen molar-refractivity contribution in [3.05, 3.63) is 48.0 Å². The molecule has 0 fully saturated rings. The van der Waals surface area contributed by atoms with E-state index in [1.165, 1.54) is 0 Å². The Hall–Kier alpha value is -2.47. The molecule has 0 heterocycles. The maximum Gasteiger partial charge on any atom is 0.168 e. The van der Waals surface area contributed by atoms with E-state index in [0.717, 1.165) is 11.1 Å². The predicted octanol–water partition coefficient (Wildman–Crippen LogP) is 3.24. The highest BCUT2D eigenvalue weighted by molar-refractivity contribution is 5.75. The zero-order valence-corrected chi connectivity index (χ0v) is 10.3. The molecule has 0 radical (unpaired) electrons. The maximum atomic E-state index is 9.05. The van der Waals surface area contributed by atoms with Crippen molar-refractivity contribution in [3.63, 3.8) is 0 Å². The van der Waals surface area contributed by atoms with Crippen LogP contribution < -0.4 is 9.47 Å². The molecule has 3 heteroatoms. The van der Waals surface area contributed by atoms with E-state index in [0.29, 0.717) is 17.1 Å². The van der Waals surface area contributed by atoms with Gasteiger partial charge in [-0.3, -0.25) is 0 Å². The molecule has 3 nitrogen and oxygen atoms in total. The van der Waals surface area contributed by atoms with Gasteiger partial charge in [-0.2, -0.15) is 5.26 Å². The Kier molecular flexibility index (Phi) is 3.49. The maximum absolute atomic E-state index is 9.05. The van der Waals surface area contributed by atoms with Crippen molar-refractivity contribution in [1.29, 1.82) is 5.26 Å². The topological polar surface area (TPSA) is 42.2 Å². The van der Waals surface area contributed by atoms with Gasteiger partial charge in [0.05, 0.1) is 25.9 Å². The summed E-state index contributed by atoms with van der Waals surface area (Å²) in [5.41, 5.74) is 2.39. The van der Waals surface area contributed by atoms with Crippen LogP contribution in [0.4, 0.5) is 0 Å². The first kappa shape index (κ1) is 12.0. The Morgan fingerprint density at radius 2 is 1.72 bits per heavy atom. The number of hydrogen-bond donors (Lipinski definition) is 0. The lowest BCUT2D eigenvalue weighted by atomic mass is 10.0. The zero-order valence-electron chi connectivity index (χ0n) is 10.3. The Bertz CT molecular complexity index is 585. The second kappa shape index (κ2) is 5.24. The summed E-state index contributed by atoms with van der Waals surface area (Å²) in [6.45, 7) is 0. The molecule has 2 aromatic carbocycles. The SMILES string of the molecule is COc1cc(C#N)cc(-c2ccccc2)c1OC. The van der Waals surface area contributed by atoms with Gasteiger partial charge in [0, 0.05) is 11.6 Å². The third kappa shape index (κ3) is 2.14. The fraction of sp³-hybridized carbons (Fsp3) is 0.133. The van der Waals surface area contributed by atoms with Gasteiger partial charge in [0.2, 0.25) is 0 Å². The number of nitriles is 1. The van der Waals surface area contributed by atoms with Crippen molar-refractivity contribution in [3.8, 4) is 28.7 Å². The van der Waals surface area contributed by atoms with Crippen molar-refractivity contribution >= 4 is 0 Å². The lowest BCUT2D eigenvalue weighted by Gasteiger charge is -2.13. The van der Waals surface area contributed by atoms with Crippen LogP contribution in [0, 0.1) is 11.3 Å². The van der Waals surface area contributed by atoms with E-state index in [2.05, 4.69) is 6.07 Å². The van der Waals surface area contributed by atoms with E-state index in [9.17, 15) is 0 Å². The number of rotatable bonds is 3. The molecule has 0 saturated carbocycles. The average molecular weight is 239 g/mol. The highest BCUT2D eigenvalue weighted by atomic mass is 16.5.